The number of rotatable bonds is 7. The van der Waals surface area contributed by atoms with E-state index in [2.05, 4.69) is 39.5 Å². The molecular formula is C12H19ClN4OS. The van der Waals surface area contributed by atoms with E-state index < -0.39 is 0 Å². The normalized spacial score (nSPS) is 10.7. The van der Waals surface area contributed by atoms with Crippen molar-refractivity contribution in [3.05, 3.63) is 34.1 Å². The van der Waals surface area contributed by atoms with Crippen LogP contribution in [0.5, 0.6) is 0 Å². The molecule has 0 amide bonds. The first-order valence-electron chi connectivity index (χ1n) is 6.08. The van der Waals surface area contributed by atoms with Crippen molar-refractivity contribution in [3.63, 3.8) is 0 Å². The third-order valence-corrected chi connectivity index (χ3v) is 3.69. The first-order chi connectivity index (χ1) is 8.81. The van der Waals surface area contributed by atoms with E-state index in [0.29, 0.717) is 24.8 Å². The molecule has 2 rings (SSSR count). The molecular weight excluding hydrogens is 284 g/mol. The van der Waals surface area contributed by atoms with E-state index in [1.54, 1.807) is 11.3 Å². The molecule has 0 aliphatic heterocycles. The van der Waals surface area contributed by atoms with Crippen LogP contribution >= 0.6 is 23.7 Å². The lowest BCUT2D eigenvalue weighted by atomic mass is 10.3. The lowest BCUT2D eigenvalue weighted by Crippen LogP contribution is -2.25. The fraction of sp³-hybridized carbons (Fsp3) is 0.500. The SMILES string of the molecule is CCN(CCc1cccs1)Cc1noc(CN)n1.Cl. The second-order valence-electron chi connectivity index (χ2n) is 4.01. The fourth-order valence-corrected chi connectivity index (χ4v) is 2.41. The van der Waals surface area contributed by atoms with Crippen LogP contribution in [0.2, 0.25) is 0 Å². The van der Waals surface area contributed by atoms with Crippen molar-refractivity contribution >= 4 is 23.7 Å². The molecule has 0 bridgehead atoms. The average Bonchev–Trinajstić information content (AvgIpc) is 3.05. The minimum absolute atomic E-state index is 0. The van der Waals surface area contributed by atoms with Crippen LogP contribution in [0.1, 0.15) is 23.5 Å². The van der Waals surface area contributed by atoms with Crippen molar-refractivity contribution in [2.45, 2.75) is 26.4 Å². The van der Waals surface area contributed by atoms with Crippen LogP contribution in [0, 0.1) is 0 Å². The van der Waals surface area contributed by atoms with Crippen LogP contribution < -0.4 is 5.73 Å². The quantitative estimate of drug-likeness (QED) is 0.848. The van der Waals surface area contributed by atoms with Gasteiger partial charge in [-0.1, -0.05) is 18.1 Å². The summed E-state index contributed by atoms with van der Waals surface area (Å²) < 4.78 is 5.00. The van der Waals surface area contributed by atoms with E-state index in [4.69, 9.17) is 10.3 Å². The minimum Gasteiger partial charge on any atom is -0.338 e. The molecule has 0 saturated carbocycles. The van der Waals surface area contributed by atoms with Gasteiger partial charge in [0.2, 0.25) is 5.89 Å². The molecule has 2 N–H and O–H groups in total. The molecule has 0 aromatic carbocycles. The van der Waals surface area contributed by atoms with Gasteiger partial charge in [0, 0.05) is 11.4 Å². The van der Waals surface area contributed by atoms with Gasteiger partial charge in [-0.2, -0.15) is 4.98 Å². The van der Waals surface area contributed by atoms with E-state index in [1.165, 1.54) is 4.88 Å². The summed E-state index contributed by atoms with van der Waals surface area (Å²) in [5, 5.41) is 6.02. The Morgan fingerprint density at radius 2 is 2.32 bits per heavy atom. The van der Waals surface area contributed by atoms with Crippen molar-refractivity contribution in [1.82, 2.24) is 15.0 Å². The molecule has 0 aliphatic carbocycles. The maximum absolute atomic E-state index is 5.44. The molecule has 0 unspecified atom stereocenters. The second-order valence-corrected chi connectivity index (χ2v) is 5.04. The molecule has 0 fully saturated rings. The lowest BCUT2D eigenvalue weighted by molar-refractivity contribution is 0.270. The Balaban J connectivity index is 0.00000180. The van der Waals surface area contributed by atoms with Crippen LogP contribution in [0.15, 0.2) is 22.0 Å². The summed E-state index contributed by atoms with van der Waals surface area (Å²) >= 11 is 1.80. The minimum atomic E-state index is 0. The molecule has 106 valence electrons. The van der Waals surface area contributed by atoms with Gasteiger partial charge >= 0.3 is 0 Å². The van der Waals surface area contributed by atoms with Crippen LogP contribution in [0.25, 0.3) is 0 Å². The van der Waals surface area contributed by atoms with Crippen molar-refractivity contribution in [1.29, 1.82) is 0 Å². The third-order valence-electron chi connectivity index (χ3n) is 2.75. The van der Waals surface area contributed by atoms with E-state index >= 15 is 0 Å². The summed E-state index contributed by atoms with van der Waals surface area (Å²) in [5.74, 6) is 1.21. The molecule has 0 saturated heterocycles. The van der Waals surface area contributed by atoms with Crippen molar-refractivity contribution in [3.8, 4) is 0 Å². The van der Waals surface area contributed by atoms with Crippen molar-refractivity contribution < 1.29 is 4.52 Å². The molecule has 0 aliphatic rings. The summed E-state index contributed by atoms with van der Waals surface area (Å²) in [4.78, 5) is 7.92. The van der Waals surface area contributed by atoms with Gasteiger partial charge in [-0.3, -0.25) is 4.90 Å². The Morgan fingerprint density at radius 3 is 2.89 bits per heavy atom. The van der Waals surface area contributed by atoms with Gasteiger partial charge in [-0.05, 0) is 24.4 Å². The lowest BCUT2D eigenvalue weighted by Gasteiger charge is -2.17. The van der Waals surface area contributed by atoms with Gasteiger partial charge in [-0.15, -0.1) is 23.7 Å². The number of halogens is 1. The summed E-state index contributed by atoms with van der Waals surface area (Å²) in [5.41, 5.74) is 5.44. The van der Waals surface area contributed by atoms with Gasteiger partial charge in [0.25, 0.3) is 0 Å². The number of thiophene rings is 1. The molecule has 2 aromatic rings. The Kier molecular flexibility index (Phi) is 7.01. The maximum Gasteiger partial charge on any atom is 0.240 e. The van der Waals surface area contributed by atoms with Crippen LogP contribution in [0.4, 0.5) is 0 Å². The number of hydrogen-bond acceptors (Lipinski definition) is 6. The molecule has 2 aromatic heterocycles. The first-order valence-corrected chi connectivity index (χ1v) is 6.96. The van der Waals surface area contributed by atoms with Crippen LogP contribution in [-0.2, 0) is 19.5 Å². The molecule has 5 nitrogen and oxygen atoms in total. The Hall–Kier alpha value is -0.950. The van der Waals surface area contributed by atoms with Gasteiger partial charge in [0.15, 0.2) is 5.82 Å². The highest BCUT2D eigenvalue weighted by Crippen LogP contribution is 2.10. The highest BCUT2D eigenvalue weighted by Gasteiger charge is 2.10. The number of likely N-dealkylation sites (N-methyl/N-ethyl adjacent to an activating group) is 1. The molecule has 0 radical (unpaired) electrons. The number of aromatic nitrogens is 2. The Labute approximate surface area is 123 Å². The molecule has 2 heterocycles. The molecule has 7 heteroatoms. The van der Waals surface area contributed by atoms with Crippen LogP contribution in [-0.4, -0.2) is 28.1 Å². The monoisotopic (exact) mass is 302 g/mol. The van der Waals surface area contributed by atoms with Crippen LogP contribution in [0.3, 0.4) is 0 Å². The molecule has 19 heavy (non-hydrogen) atoms. The maximum atomic E-state index is 5.44. The average molecular weight is 303 g/mol. The summed E-state index contributed by atoms with van der Waals surface area (Å²) in [6.45, 7) is 5.12. The Bertz CT molecular complexity index is 460. The zero-order chi connectivity index (χ0) is 12.8. The summed E-state index contributed by atoms with van der Waals surface area (Å²) in [6, 6.07) is 4.25. The number of hydrogen-bond donors (Lipinski definition) is 1. The first kappa shape index (κ1) is 16.1. The van der Waals surface area contributed by atoms with Gasteiger partial charge in [-0.25, -0.2) is 0 Å². The van der Waals surface area contributed by atoms with E-state index in [9.17, 15) is 0 Å². The third kappa shape index (κ3) is 4.91. The molecule has 0 atom stereocenters. The van der Waals surface area contributed by atoms with Gasteiger partial charge in [0.05, 0.1) is 13.1 Å². The van der Waals surface area contributed by atoms with E-state index in [-0.39, 0.29) is 12.4 Å². The smallest absolute Gasteiger partial charge is 0.240 e. The predicted octanol–water partition coefficient (Wildman–Crippen LogP) is 2.08. The molecule has 0 spiro atoms. The van der Waals surface area contributed by atoms with E-state index in [0.717, 1.165) is 19.5 Å². The van der Waals surface area contributed by atoms with Crippen molar-refractivity contribution in [2.24, 2.45) is 5.73 Å². The zero-order valence-corrected chi connectivity index (χ0v) is 12.5. The highest BCUT2D eigenvalue weighted by molar-refractivity contribution is 7.09. The largest absolute Gasteiger partial charge is 0.338 e. The standard InChI is InChI=1S/C12H18N4OS.ClH/c1-2-16(6-5-10-4-3-7-18-10)9-11-14-12(8-13)17-15-11;/h3-4,7H,2,5-6,8-9,13H2,1H3;1H. The zero-order valence-electron chi connectivity index (χ0n) is 10.9. The summed E-state index contributed by atoms with van der Waals surface area (Å²) in [7, 11) is 0. The summed E-state index contributed by atoms with van der Waals surface area (Å²) in [6.07, 6.45) is 1.06. The second kappa shape index (κ2) is 8.27. The van der Waals surface area contributed by atoms with Gasteiger partial charge in [0.1, 0.15) is 0 Å². The highest BCUT2D eigenvalue weighted by atomic mass is 35.5. The Morgan fingerprint density at radius 1 is 1.47 bits per heavy atom. The van der Waals surface area contributed by atoms with Gasteiger partial charge < -0.3 is 10.3 Å². The number of nitrogens with zero attached hydrogens (tertiary/aromatic N) is 3. The topological polar surface area (TPSA) is 68.2 Å². The number of nitrogens with two attached hydrogens (primary N) is 1. The predicted molar refractivity (Wildman–Crippen MR) is 78.4 cm³/mol. The fourth-order valence-electron chi connectivity index (χ4n) is 1.71. The van der Waals surface area contributed by atoms with Crippen molar-refractivity contribution in [2.75, 3.05) is 13.1 Å². The van der Waals surface area contributed by atoms with E-state index in [1.807, 2.05) is 0 Å².